The molecule has 3 aliphatic rings. The Balaban J connectivity index is 1.62. The third-order valence-corrected chi connectivity index (χ3v) is 6.10. The van der Waals surface area contributed by atoms with Gasteiger partial charge in [0.05, 0.1) is 5.92 Å². The normalized spacial score (nSPS) is 33.5. The molecule has 2 aliphatic heterocycles. The Bertz CT molecular complexity index is 434. The lowest BCUT2D eigenvalue weighted by molar-refractivity contribution is -0.187. The number of nitrogens with zero attached hydrogens (tertiary/aromatic N) is 2. The number of hydrogen-bond donors (Lipinski definition) is 0. The number of halogens is 3. The van der Waals surface area contributed by atoms with E-state index in [1.807, 2.05) is 4.90 Å². The molecule has 138 valence electrons. The molecule has 3 rings (SSSR count). The quantitative estimate of drug-likeness (QED) is 0.759. The molecule has 0 bridgehead atoms. The summed E-state index contributed by atoms with van der Waals surface area (Å²) in [5.74, 6) is -1.74. The lowest BCUT2D eigenvalue weighted by Crippen LogP contribution is -2.46. The summed E-state index contributed by atoms with van der Waals surface area (Å²) in [7, 11) is 0. The molecule has 0 radical (unpaired) electrons. The van der Waals surface area contributed by atoms with Crippen LogP contribution in [0.3, 0.4) is 0 Å². The average molecular weight is 346 g/mol. The molecule has 1 saturated carbocycles. The molecule has 6 heteroatoms. The summed E-state index contributed by atoms with van der Waals surface area (Å²) < 4.78 is 39.1. The Hall–Kier alpha value is -0.780. The number of carbonyl (C=O) groups is 1. The monoisotopic (exact) mass is 346 g/mol. The molecule has 0 spiro atoms. The van der Waals surface area contributed by atoms with Gasteiger partial charge in [-0.05, 0) is 58.0 Å². The molecule has 3 nitrogen and oxygen atoms in total. The fourth-order valence-corrected chi connectivity index (χ4v) is 4.69. The number of rotatable bonds is 2. The molecular formula is C18H29F3N2O. The van der Waals surface area contributed by atoms with E-state index in [2.05, 4.69) is 4.90 Å². The van der Waals surface area contributed by atoms with E-state index in [0.29, 0.717) is 25.4 Å². The first-order valence-electron chi connectivity index (χ1n) is 9.54. The van der Waals surface area contributed by atoms with Crippen molar-refractivity contribution in [2.24, 2.45) is 11.8 Å². The average Bonchev–Trinajstić information content (AvgIpc) is 2.98. The molecular weight excluding hydrogens is 317 g/mol. The van der Waals surface area contributed by atoms with Crippen LogP contribution in [0, 0.1) is 11.8 Å². The van der Waals surface area contributed by atoms with Crippen LogP contribution in [-0.4, -0.2) is 54.1 Å². The minimum absolute atomic E-state index is 0.00673. The molecule has 0 unspecified atom stereocenters. The molecule has 0 N–H and O–H groups in total. The molecule has 24 heavy (non-hydrogen) atoms. The third kappa shape index (κ3) is 4.24. The molecule has 0 aromatic rings. The maximum absolute atomic E-state index is 13.0. The van der Waals surface area contributed by atoms with Crippen LogP contribution in [0.25, 0.3) is 0 Å². The third-order valence-electron chi connectivity index (χ3n) is 6.10. The topological polar surface area (TPSA) is 23.6 Å². The largest absolute Gasteiger partial charge is 0.391 e. The highest BCUT2D eigenvalue weighted by atomic mass is 19.4. The lowest BCUT2D eigenvalue weighted by atomic mass is 9.80. The van der Waals surface area contributed by atoms with Crippen molar-refractivity contribution < 1.29 is 18.0 Å². The zero-order chi connectivity index (χ0) is 17.2. The van der Waals surface area contributed by atoms with Gasteiger partial charge in [-0.1, -0.05) is 12.8 Å². The van der Waals surface area contributed by atoms with Gasteiger partial charge < -0.3 is 4.90 Å². The fourth-order valence-electron chi connectivity index (χ4n) is 4.69. The first-order valence-corrected chi connectivity index (χ1v) is 9.54. The highest BCUT2D eigenvalue weighted by molar-refractivity contribution is 5.79. The van der Waals surface area contributed by atoms with Gasteiger partial charge in [-0.15, -0.1) is 0 Å². The van der Waals surface area contributed by atoms with Gasteiger partial charge in [0.2, 0.25) is 5.91 Å². The van der Waals surface area contributed by atoms with Gasteiger partial charge in [-0.3, -0.25) is 9.69 Å². The summed E-state index contributed by atoms with van der Waals surface area (Å²) in [5.41, 5.74) is 0. The summed E-state index contributed by atoms with van der Waals surface area (Å²) >= 11 is 0. The van der Waals surface area contributed by atoms with Crippen LogP contribution in [0.4, 0.5) is 13.2 Å². The van der Waals surface area contributed by atoms with Crippen LogP contribution in [0.5, 0.6) is 0 Å². The number of hydrogen-bond acceptors (Lipinski definition) is 2. The first-order chi connectivity index (χ1) is 11.4. The predicted octanol–water partition coefficient (Wildman–Crippen LogP) is 3.83. The zero-order valence-corrected chi connectivity index (χ0v) is 14.4. The molecule has 0 aromatic heterocycles. The standard InChI is InChI=1S/C18H29F3N2O/c19-18(20,21)15-7-5-6-14(12-15)17(24)23-11-2-1-8-16(13-23)22-9-3-4-10-22/h14-16H,1-13H2/t14-,15-,16+/m1/s1. The maximum atomic E-state index is 13.0. The van der Waals surface area contributed by atoms with Crippen LogP contribution in [-0.2, 0) is 4.79 Å². The summed E-state index contributed by atoms with van der Waals surface area (Å²) in [6.45, 7) is 3.64. The molecule has 1 aliphatic carbocycles. The Morgan fingerprint density at radius 2 is 1.58 bits per heavy atom. The van der Waals surface area contributed by atoms with Crippen LogP contribution < -0.4 is 0 Å². The number of amides is 1. The minimum Gasteiger partial charge on any atom is -0.341 e. The Morgan fingerprint density at radius 1 is 0.875 bits per heavy atom. The van der Waals surface area contributed by atoms with Gasteiger partial charge in [0, 0.05) is 25.0 Å². The second kappa shape index (κ2) is 7.63. The Labute approximate surface area is 142 Å². The van der Waals surface area contributed by atoms with Crippen molar-refractivity contribution in [2.75, 3.05) is 26.2 Å². The van der Waals surface area contributed by atoms with Crippen molar-refractivity contribution in [1.82, 2.24) is 9.80 Å². The van der Waals surface area contributed by atoms with E-state index in [-0.39, 0.29) is 18.7 Å². The minimum atomic E-state index is -4.16. The van der Waals surface area contributed by atoms with Gasteiger partial charge in [0.1, 0.15) is 0 Å². The van der Waals surface area contributed by atoms with Gasteiger partial charge in [0.15, 0.2) is 0 Å². The predicted molar refractivity (Wildman–Crippen MR) is 86.5 cm³/mol. The SMILES string of the molecule is O=C([C@@H]1CCC[C@@H](C(F)(F)F)C1)N1CCCC[C@H](N2CCCC2)C1. The molecule has 3 atom stereocenters. The van der Waals surface area contributed by atoms with E-state index in [0.717, 1.165) is 38.9 Å². The summed E-state index contributed by atoms with van der Waals surface area (Å²) in [5, 5.41) is 0. The van der Waals surface area contributed by atoms with Gasteiger partial charge >= 0.3 is 6.18 Å². The highest BCUT2D eigenvalue weighted by Crippen LogP contribution is 2.40. The summed E-state index contributed by atoms with van der Waals surface area (Å²) in [4.78, 5) is 17.2. The molecule has 2 saturated heterocycles. The van der Waals surface area contributed by atoms with Crippen LogP contribution in [0.2, 0.25) is 0 Å². The smallest absolute Gasteiger partial charge is 0.341 e. The van der Waals surface area contributed by atoms with Crippen molar-refractivity contribution in [3.05, 3.63) is 0 Å². The maximum Gasteiger partial charge on any atom is 0.391 e. The summed E-state index contributed by atoms with van der Waals surface area (Å²) in [6, 6.07) is 0.404. The zero-order valence-electron chi connectivity index (χ0n) is 14.4. The van der Waals surface area contributed by atoms with Gasteiger partial charge in [0.25, 0.3) is 0 Å². The van der Waals surface area contributed by atoms with Crippen LogP contribution >= 0.6 is 0 Å². The van der Waals surface area contributed by atoms with E-state index in [9.17, 15) is 18.0 Å². The molecule has 0 aromatic carbocycles. The molecule has 3 fully saturated rings. The van der Waals surface area contributed by atoms with Crippen molar-refractivity contribution in [1.29, 1.82) is 0 Å². The van der Waals surface area contributed by atoms with E-state index >= 15 is 0 Å². The summed E-state index contributed by atoms with van der Waals surface area (Å²) in [6.07, 6.45) is 2.81. The van der Waals surface area contributed by atoms with Crippen molar-refractivity contribution in [3.63, 3.8) is 0 Å². The second-order valence-corrected chi connectivity index (χ2v) is 7.78. The fraction of sp³-hybridized carbons (Fsp3) is 0.944. The number of alkyl halides is 3. The Morgan fingerprint density at radius 3 is 2.29 bits per heavy atom. The number of likely N-dealkylation sites (tertiary alicyclic amines) is 2. The highest BCUT2D eigenvalue weighted by Gasteiger charge is 2.44. The molecule has 1 amide bonds. The van der Waals surface area contributed by atoms with Crippen LogP contribution in [0.1, 0.15) is 57.8 Å². The number of carbonyl (C=O) groups excluding carboxylic acids is 1. The first kappa shape index (κ1) is 18.0. The Kier molecular flexibility index (Phi) is 5.73. The van der Waals surface area contributed by atoms with Crippen molar-refractivity contribution in [2.45, 2.75) is 70.0 Å². The lowest BCUT2D eigenvalue weighted by Gasteiger charge is -2.35. The van der Waals surface area contributed by atoms with Crippen molar-refractivity contribution >= 4 is 5.91 Å². The second-order valence-electron chi connectivity index (χ2n) is 7.78. The van der Waals surface area contributed by atoms with Gasteiger partial charge in [-0.2, -0.15) is 13.2 Å². The van der Waals surface area contributed by atoms with E-state index in [4.69, 9.17) is 0 Å². The van der Waals surface area contributed by atoms with E-state index in [1.165, 1.54) is 12.8 Å². The van der Waals surface area contributed by atoms with Gasteiger partial charge in [-0.25, -0.2) is 0 Å². The van der Waals surface area contributed by atoms with Crippen molar-refractivity contribution in [3.8, 4) is 0 Å². The van der Waals surface area contributed by atoms with E-state index < -0.39 is 18.0 Å². The van der Waals surface area contributed by atoms with E-state index in [1.54, 1.807) is 0 Å². The molecule has 2 heterocycles. The van der Waals surface area contributed by atoms with Crippen LogP contribution in [0.15, 0.2) is 0 Å².